The molecule has 0 aliphatic heterocycles. The molecule has 0 aliphatic rings. The number of ether oxygens (including phenoxy) is 1. The normalized spacial score (nSPS) is 11.1. The van der Waals surface area contributed by atoms with E-state index in [1.165, 1.54) is 11.8 Å². The Labute approximate surface area is 167 Å². The molecule has 0 bridgehead atoms. The van der Waals surface area contributed by atoms with Gasteiger partial charge < -0.3 is 10.1 Å². The van der Waals surface area contributed by atoms with Gasteiger partial charge in [-0.25, -0.2) is 4.79 Å². The van der Waals surface area contributed by atoms with E-state index in [2.05, 4.69) is 20.8 Å². The molecule has 0 fully saturated rings. The van der Waals surface area contributed by atoms with Gasteiger partial charge in [0.05, 0.1) is 11.3 Å². The molecule has 2 heterocycles. The van der Waals surface area contributed by atoms with E-state index in [1.807, 2.05) is 48.6 Å². The number of pyridine rings is 1. The fraction of sp³-hybridized carbons (Fsp3) is 0.368. The summed E-state index contributed by atoms with van der Waals surface area (Å²) in [5.41, 5.74) is 2.83. The van der Waals surface area contributed by atoms with Crippen LogP contribution in [0, 0.1) is 6.92 Å². The zero-order valence-electron chi connectivity index (χ0n) is 15.9. The number of hydrogen-bond donors (Lipinski definition) is 2. The number of carbonyl (C=O) groups is 2. The van der Waals surface area contributed by atoms with Crippen molar-refractivity contribution in [3.8, 4) is 0 Å². The van der Waals surface area contributed by atoms with E-state index in [9.17, 15) is 9.59 Å². The van der Waals surface area contributed by atoms with Crippen molar-refractivity contribution in [1.29, 1.82) is 0 Å². The number of para-hydroxylation sites is 1. The van der Waals surface area contributed by atoms with Crippen LogP contribution in [0.25, 0.3) is 16.6 Å². The number of nitrogens with one attached hydrogen (secondary N) is 2. The van der Waals surface area contributed by atoms with Crippen molar-refractivity contribution in [2.75, 3.05) is 25.5 Å². The van der Waals surface area contributed by atoms with Crippen molar-refractivity contribution >= 4 is 40.3 Å². The third-order valence-electron chi connectivity index (χ3n) is 4.11. The average Bonchev–Trinajstić information content (AvgIpc) is 3.09. The summed E-state index contributed by atoms with van der Waals surface area (Å²) in [6, 6.07) is 9.44. The number of benzene rings is 1. The summed E-state index contributed by atoms with van der Waals surface area (Å²) in [5.74, 6) is -0.324. The maximum Gasteiger partial charge on any atom is 0.321 e. The van der Waals surface area contributed by atoms with Gasteiger partial charge in [-0.05, 0) is 38.0 Å². The van der Waals surface area contributed by atoms with Crippen LogP contribution in [0.15, 0.2) is 35.5 Å². The zero-order valence-corrected chi connectivity index (χ0v) is 16.7. The van der Waals surface area contributed by atoms with Crippen molar-refractivity contribution in [3.63, 3.8) is 0 Å². The highest BCUT2D eigenvalue weighted by molar-refractivity contribution is 7.99. The molecule has 2 N–H and O–H groups in total. The molecule has 0 aliphatic carbocycles. The van der Waals surface area contributed by atoms with E-state index < -0.39 is 6.03 Å². The van der Waals surface area contributed by atoms with E-state index in [1.54, 1.807) is 0 Å². The van der Waals surface area contributed by atoms with Crippen LogP contribution in [-0.2, 0) is 9.53 Å². The third-order valence-corrected chi connectivity index (χ3v) is 5.04. The predicted octanol–water partition coefficient (Wildman–Crippen LogP) is 2.54. The number of imide groups is 1. The standard InChI is InChI=1S/C19H23N5O3S/c1-3-27-10-6-9-20-18(26)21-17(25)12-28-19-23-22-16-11-13(2)14-7-4-5-8-15(14)24(16)19/h4-5,7-8,11H,3,6,9-10,12H2,1-2H3,(H2,20,21,25,26). The van der Waals surface area contributed by atoms with Crippen molar-refractivity contribution in [2.24, 2.45) is 0 Å². The van der Waals surface area contributed by atoms with Gasteiger partial charge in [-0.3, -0.25) is 14.5 Å². The number of rotatable bonds is 8. The second kappa shape index (κ2) is 9.52. The summed E-state index contributed by atoms with van der Waals surface area (Å²) in [6.07, 6.45) is 0.697. The Morgan fingerprint density at radius 1 is 1.25 bits per heavy atom. The number of aryl methyl sites for hydroxylation is 1. The summed E-state index contributed by atoms with van der Waals surface area (Å²) in [7, 11) is 0. The predicted molar refractivity (Wildman–Crippen MR) is 109 cm³/mol. The Hall–Kier alpha value is -2.65. The number of nitrogens with zero attached hydrogens (tertiary/aromatic N) is 3. The van der Waals surface area contributed by atoms with Gasteiger partial charge in [0.25, 0.3) is 0 Å². The first-order chi connectivity index (χ1) is 13.6. The number of aromatic nitrogens is 3. The lowest BCUT2D eigenvalue weighted by atomic mass is 10.1. The molecule has 0 spiro atoms. The number of amides is 3. The largest absolute Gasteiger partial charge is 0.382 e. The molecule has 0 saturated heterocycles. The first-order valence-electron chi connectivity index (χ1n) is 9.12. The summed E-state index contributed by atoms with van der Waals surface area (Å²) < 4.78 is 7.12. The van der Waals surface area contributed by atoms with Crippen molar-refractivity contribution < 1.29 is 14.3 Å². The topological polar surface area (TPSA) is 97.6 Å². The minimum absolute atomic E-state index is 0.0648. The van der Waals surface area contributed by atoms with Crippen LogP contribution in [0.5, 0.6) is 0 Å². The van der Waals surface area contributed by atoms with Crippen LogP contribution in [0.2, 0.25) is 0 Å². The van der Waals surface area contributed by atoms with E-state index >= 15 is 0 Å². The van der Waals surface area contributed by atoms with Crippen LogP contribution < -0.4 is 10.6 Å². The molecule has 2 aromatic heterocycles. The van der Waals surface area contributed by atoms with E-state index in [-0.39, 0.29) is 11.7 Å². The van der Waals surface area contributed by atoms with Gasteiger partial charge >= 0.3 is 6.03 Å². The smallest absolute Gasteiger partial charge is 0.321 e. The van der Waals surface area contributed by atoms with E-state index in [4.69, 9.17) is 4.74 Å². The molecule has 3 amide bonds. The molecule has 3 aromatic rings. The molecule has 148 valence electrons. The lowest BCUT2D eigenvalue weighted by Gasteiger charge is -2.08. The Kier molecular flexibility index (Phi) is 6.83. The van der Waals surface area contributed by atoms with Gasteiger partial charge in [0.2, 0.25) is 5.91 Å². The second-order valence-corrected chi connectivity index (χ2v) is 7.11. The Morgan fingerprint density at radius 3 is 2.89 bits per heavy atom. The summed E-state index contributed by atoms with van der Waals surface area (Å²) >= 11 is 1.24. The lowest BCUT2D eigenvalue weighted by Crippen LogP contribution is -2.40. The van der Waals surface area contributed by atoms with Crippen LogP contribution in [0.4, 0.5) is 4.79 Å². The van der Waals surface area contributed by atoms with Gasteiger partial charge in [0.1, 0.15) is 0 Å². The number of fused-ring (bicyclic) bond motifs is 3. The fourth-order valence-electron chi connectivity index (χ4n) is 2.83. The van der Waals surface area contributed by atoms with Crippen LogP contribution >= 0.6 is 11.8 Å². The SMILES string of the molecule is CCOCCCNC(=O)NC(=O)CSc1nnc2cc(C)c3ccccc3n12. The minimum atomic E-state index is -0.505. The highest BCUT2D eigenvalue weighted by atomic mass is 32.2. The first-order valence-corrected chi connectivity index (χ1v) is 10.1. The van der Waals surface area contributed by atoms with Crippen LogP contribution in [0.1, 0.15) is 18.9 Å². The molecule has 3 rings (SSSR count). The van der Waals surface area contributed by atoms with Crippen molar-refractivity contribution in [1.82, 2.24) is 25.2 Å². The van der Waals surface area contributed by atoms with Gasteiger partial charge in [0.15, 0.2) is 10.8 Å². The highest BCUT2D eigenvalue weighted by Crippen LogP contribution is 2.25. The molecule has 0 radical (unpaired) electrons. The third kappa shape index (κ3) is 4.79. The number of hydrogen-bond acceptors (Lipinski definition) is 6. The molecule has 9 heteroatoms. The molecule has 28 heavy (non-hydrogen) atoms. The molecular formula is C19H23N5O3S. The van der Waals surface area contributed by atoms with Crippen molar-refractivity contribution in [3.05, 3.63) is 35.9 Å². The Morgan fingerprint density at radius 2 is 2.07 bits per heavy atom. The molecule has 8 nitrogen and oxygen atoms in total. The molecule has 0 unspecified atom stereocenters. The van der Waals surface area contributed by atoms with Crippen LogP contribution in [-0.4, -0.2) is 52.0 Å². The quantitative estimate of drug-likeness (QED) is 0.445. The highest BCUT2D eigenvalue weighted by Gasteiger charge is 2.14. The summed E-state index contributed by atoms with van der Waals surface area (Å²) in [4.78, 5) is 23.8. The maximum absolute atomic E-state index is 12.1. The Balaban J connectivity index is 1.59. The number of thioether (sulfide) groups is 1. The van der Waals surface area contributed by atoms with Gasteiger partial charge in [0, 0.05) is 25.1 Å². The molecule has 0 atom stereocenters. The number of carbonyl (C=O) groups excluding carboxylic acids is 2. The molecule has 0 saturated carbocycles. The molecule has 1 aromatic carbocycles. The second-order valence-electron chi connectivity index (χ2n) is 6.16. The zero-order chi connectivity index (χ0) is 19.9. The Bertz CT molecular complexity index is 988. The maximum atomic E-state index is 12.1. The van der Waals surface area contributed by atoms with E-state index in [0.717, 1.165) is 22.1 Å². The monoisotopic (exact) mass is 401 g/mol. The van der Waals surface area contributed by atoms with Crippen LogP contribution in [0.3, 0.4) is 0 Å². The van der Waals surface area contributed by atoms with E-state index in [0.29, 0.717) is 31.3 Å². The minimum Gasteiger partial charge on any atom is -0.382 e. The van der Waals surface area contributed by atoms with Gasteiger partial charge in [-0.1, -0.05) is 30.0 Å². The fourth-order valence-corrected chi connectivity index (χ4v) is 3.58. The average molecular weight is 401 g/mol. The lowest BCUT2D eigenvalue weighted by molar-refractivity contribution is -0.117. The summed E-state index contributed by atoms with van der Waals surface area (Å²) in [6.45, 7) is 5.62. The number of urea groups is 1. The summed E-state index contributed by atoms with van der Waals surface area (Å²) in [5, 5.41) is 15.1. The van der Waals surface area contributed by atoms with Gasteiger partial charge in [-0.15, -0.1) is 10.2 Å². The molecular weight excluding hydrogens is 378 g/mol. The van der Waals surface area contributed by atoms with Gasteiger partial charge in [-0.2, -0.15) is 0 Å². The first kappa shape index (κ1) is 20.1. The van der Waals surface area contributed by atoms with Crippen molar-refractivity contribution in [2.45, 2.75) is 25.4 Å².